The van der Waals surface area contributed by atoms with Crippen LogP contribution in [0.3, 0.4) is 0 Å². The Balaban J connectivity index is 2.08. The summed E-state index contributed by atoms with van der Waals surface area (Å²) in [4.78, 5) is 23.3. The van der Waals surface area contributed by atoms with Gasteiger partial charge in [-0.15, -0.1) is 0 Å². The number of benzene rings is 2. The number of hydrogen-bond donors (Lipinski definition) is 2. The van der Waals surface area contributed by atoms with Crippen molar-refractivity contribution in [2.45, 2.75) is 6.18 Å². The smallest absolute Gasteiger partial charge is 0.325 e. The first-order valence-corrected chi connectivity index (χ1v) is 7.86. The normalized spacial score (nSPS) is 11.0. The van der Waals surface area contributed by atoms with E-state index in [1.807, 2.05) is 0 Å². The maximum atomic E-state index is 12.7. The fraction of sp³-hybridized carbons (Fsp3) is 0.125. The Bertz CT molecular complexity index is 746. The van der Waals surface area contributed by atoms with E-state index in [-0.39, 0.29) is 22.5 Å². The minimum atomic E-state index is -4.48. The largest absolute Gasteiger partial charge is 0.416 e. The minimum Gasteiger partial charge on any atom is -0.325 e. The summed E-state index contributed by atoms with van der Waals surface area (Å²) >= 11 is 3.01. The van der Waals surface area contributed by atoms with Gasteiger partial charge in [-0.25, -0.2) is 0 Å². The summed E-state index contributed by atoms with van der Waals surface area (Å²) in [7, 11) is 0. The number of carbonyl (C=O) groups excluding carboxylic acids is 2. The molecule has 0 aliphatic heterocycles. The van der Waals surface area contributed by atoms with E-state index in [1.54, 1.807) is 0 Å². The highest BCUT2D eigenvalue weighted by Gasteiger charge is 2.30. The number of halogens is 4. The first kappa shape index (κ1) is 18.0. The molecule has 0 heterocycles. The van der Waals surface area contributed by atoms with Crippen LogP contribution in [0.15, 0.2) is 48.5 Å². The highest BCUT2D eigenvalue weighted by Crippen LogP contribution is 2.30. The van der Waals surface area contributed by atoms with E-state index in [1.165, 1.54) is 36.4 Å². The number of nitrogens with one attached hydrogen (secondary N) is 2. The molecular formula is C16H12BrF3N2O2. The molecule has 8 heteroatoms. The summed E-state index contributed by atoms with van der Waals surface area (Å²) in [5, 5.41) is 5.14. The van der Waals surface area contributed by atoms with Gasteiger partial charge in [-0.3, -0.25) is 9.59 Å². The molecule has 2 amide bonds. The van der Waals surface area contributed by atoms with Gasteiger partial charge >= 0.3 is 6.18 Å². The third-order valence-electron chi connectivity index (χ3n) is 3.00. The zero-order valence-electron chi connectivity index (χ0n) is 12.2. The van der Waals surface area contributed by atoms with Gasteiger partial charge in [0.15, 0.2) is 0 Å². The predicted molar refractivity (Wildman–Crippen MR) is 88.3 cm³/mol. The van der Waals surface area contributed by atoms with Crippen LogP contribution in [-0.4, -0.2) is 17.1 Å². The second-order valence-corrected chi connectivity index (χ2v) is 5.35. The van der Waals surface area contributed by atoms with E-state index in [0.717, 1.165) is 12.1 Å². The molecule has 2 aromatic rings. The third kappa shape index (κ3) is 4.82. The molecule has 0 aliphatic carbocycles. The lowest BCUT2D eigenvalue weighted by Gasteiger charge is -2.10. The van der Waals surface area contributed by atoms with Gasteiger partial charge < -0.3 is 10.6 Å². The first-order chi connectivity index (χ1) is 11.3. The molecule has 0 aromatic heterocycles. The van der Waals surface area contributed by atoms with E-state index >= 15 is 0 Å². The SMILES string of the molecule is O=C(CBr)Nc1ccc(C(=O)Nc2cccc(C(F)(F)F)c2)cc1. The van der Waals surface area contributed by atoms with Crippen molar-refractivity contribution in [1.29, 1.82) is 0 Å². The van der Waals surface area contributed by atoms with Crippen LogP contribution in [0.2, 0.25) is 0 Å². The molecular weight excluding hydrogens is 389 g/mol. The van der Waals surface area contributed by atoms with Crippen LogP contribution in [0.1, 0.15) is 15.9 Å². The van der Waals surface area contributed by atoms with Crippen LogP contribution in [0.4, 0.5) is 24.5 Å². The maximum absolute atomic E-state index is 12.7. The highest BCUT2D eigenvalue weighted by atomic mass is 79.9. The highest BCUT2D eigenvalue weighted by molar-refractivity contribution is 9.09. The Hall–Kier alpha value is -2.35. The molecule has 2 N–H and O–H groups in total. The summed E-state index contributed by atoms with van der Waals surface area (Å²) in [6.07, 6.45) is -4.48. The predicted octanol–water partition coefficient (Wildman–Crippen LogP) is 4.29. The lowest BCUT2D eigenvalue weighted by atomic mass is 10.1. The van der Waals surface area contributed by atoms with Gasteiger partial charge in [-0.05, 0) is 42.5 Å². The molecule has 2 aromatic carbocycles. The molecule has 24 heavy (non-hydrogen) atoms. The van der Waals surface area contributed by atoms with E-state index in [9.17, 15) is 22.8 Å². The van der Waals surface area contributed by atoms with Crippen LogP contribution < -0.4 is 10.6 Å². The number of hydrogen-bond acceptors (Lipinski definition) is 2. The van der Waals surface area contributed by atoms with Crippen LogP contribution in [-0.2, 0) is 11.0 Å². The van der Waals surface area contributed by atoms with Crippen LogP contribution >= 0.6 is 15.9 Å². The molecule has 126 valence electrons. The second-order valence-electron chi connectivity index (χ2n) is 4.79. The molecule has 0 aliphatic rings. The molecule has 0 radical (unpaired) electrons. The van der Waals surface area contributed by atoms with Gasteiger partial charge in [0.2, 0.25) is 5.91 Å². The van der Waals surface area contributed by atoms with Crippen molar-refractivity contribution in [3.05, 3.63) is 59.7 Å². The van der Waals surface area contributed by atoms with Gasteiger partial charge in [0, 0.05) is 16.9 Å². The van der Waals surface area contributed by atoms with Gasteiger partial charge in [0.05, 0.1) is 10.9 Å². The van der Waals surface area contributed by atoms with Crippen molar-refractivity contribution in [3.63, 3.8) is 0 Å². The zero-order valence-corrected chi connectivity index (χ0v) is 13.7. The average Bonchev–Trinajstić information content (AvgIpc) is 2.54. The Morgan fingerprint density at radius 2 is 1.62 bits per heavy atom. The monoisotopic (exact) mass is 400 g/mol. The molecule has 0 bridgehead atoms. The molecule has 0 atom stereocenters. The van der Waals surface area contributed by atoms with Crippen molar-refractivity contribution in [3.8, 4) is 0 Å². The summed E-state index contributed by atoms with van der Waals surface area (Å²) in [5.41, 5.74) is -0.0288. The van der Waals surface area contributed by atoms with Crippen molar-refractivity contribution < 1.29 is 22.8 Å². The summed E-state index contributed by atoms with van der Waals surface area (Å²) in [5.74, 6) is -0.788. The molecule has 0 spiro atoms. The van der Waals surface area contributed by atoms with Crippen molar-refractivity contribution in [2.24, 2.45) is 0 Å². The van der Waals surface area contributed by atoms with Crippen LogP contribution in [0, 0.1) is 0 Å². The number of amides is 2. The zero-order chi connectivity index (χ0) is 17.7. The fourth-order valence-corrected chi connectivity index (χ4v) is 2.02. The number of anilines is 2. The third-order valence-corrected chi connectivity index (χ3v) is 3.51. The van der Waals surface area contributed by atoms with Crippen LogP contribution in [0.5, 0.6) is 0 Å². The Labute approximate surface area is 144 Å². The van der Waals surface area contributed by atoms with Gasteiger partial charge in [0.1, 0.15) is 0 Å². The van der Waals surface area contributed by atoms with Crippen LogP contribution in [0.25, 0.3) is 0 Å². The molecule has 4 nitrogen and oxygen atoms in total. The molecule has 0 fully saturated rings. The van der Waals surface area contributed by atoms with Gasteiger partial charge in [-0.1, -0.05) is 22.0 Å². The number of carbonyl (C=O) groups is 2. The fourth-order valence-electron chi connectivity index (χ4n) is 1.88. The number of alkyl halides is 4. The Morgan fingerprint density at radius 1 is 0.958 bits per heavy atom. The average molecular weight is 401 g/mol. The molecule has 0 unspecified atom stereocenters. The first-order valence-electron chi connectivity index (χ1n) is 6.74. The lowest BCUT2D eigenvalue weighted by Crippen LogP contribution is -2.14. The topological polar surface area (TPSA) is 58.2 Å². The summed E-state index contributed by atoms with van der Waals surface area (Å²) in [6, 6.07) is 10.4. The van der Waals surface area contributed by atoms with E-state index in [2.05, 4.69) is 26.6 Å². The van der Waals surface area contributed by atoms with Crippen molar-refractivity contribution in [2.75, 3.05) is 16.0 Å². The summed E-state index contributed by atoms with van der Waals surface area (Å²) < 4.78 is 38.0. The van der Waals surface area contributed by atoms with E-state index in [0.29, 0.717) is 5.69 Å². The van der Waals surface area contributed by atoms with Crippen molar-refractivity contribution >= 4 is 39.1 Å². The standard InChI is InChI=1S/C16H12BrF3N2O2/c17-9-14(23)21-12-6-4-10(5-7-12)15(24)22-13-3-1-2-11(8-13)16(18,19)20/h1-8H,9H2,(H,21,23)(H,22,24). The Kier molecular flexibility index (Phi) is 5.61. The van der Waals surface area contributed by atoms with E-state index in [4.69, 9.17) is 0 Å². The van der Waals surface area contributed by atoms with E-state index < -0.39 is 17.6 Å². The quantitative estimate of drug-likeness (QED) is 0.752. The minimum absolute atomic E-state index is 0.0477. The maximum Gasteiger partial charge on any atom is 0.416 e. The summed E-state index contributed by atoms with van der Waals surface area (Å²) in [6.45, 7) is 0. The molecule has 0 saturated heterocycles. The van der Waals surface area contributed by atoms with Gasteiger partial charge in [0.25, 0.3) is 5.91 Å². The number of rotatable bonds is 4. The Morgan fingerprint density at radius 3 is 2.21 bits per heavy atom. The molecule has 2 rings (SSSR count). The molecule has 0 saturated carbocycles. The van der Waals surface area contributed by atoms with Crippen molar-refractivity contribution in [1.82, 2.24) is 0 Å². The van der Waals surface area contributed by atoms with Gasteiger partial charge in [-0.2, -0.15) is 13.2 Å². The second kappa shape index (κ2) is 7.48. The lowest BCUT2D eigenvalue weighted by molar-refractivity contribution is -0.137.